The standard InChI is InChI=1S/C17H13F3N2O2/c18-17(19,20)11-6-7-12-13(8-11)22-15(16(23)24)14(12)21-9-10-4-2-1-3-5-10/h1-8,21-22H,9H2,(H,23,24). The fourth-order valence-electron chi connectivity index (χ4n) is 2.50. The fraction of sp³-hybridized carbons (Fsp3) is 0.118. The molecule has 3 aromatic rings. The zero-order valence-electron chi connectivity index (χ0n) is 12.3. The Morgan fingerprint density at radius 1 is 1.12 bits per heavy atom. The number of carbonyl (C=O) groups is 1. The van der Waals surface area contributed by atoms with Crippen molar-refractivity contribution < 1.29 is 23.1 Å². The van der Waals surface area contributed by atoms with Gasteiger partial charge >= 0.3 is 12.1 Å². The normalized spacial score (nSPS) is 11.6. The average molecular weight is 334 g/mol. The van der Waals surface area contributed by atoms with E-state index in [4.69, 9.17) is 0 Å². The van der Waals surface area contributed by atoms with Crippen molar-refractivity contribution in [3.8, 4) is 0 Å². The first-order valence-electron chi connectivity index (χ1n) is 7.10. The largest absolute Gasteiger partial charge is 0.477 e. The van der Waals surface area contributed by atoms with Crippen molar-refractivity contribution in [1.82, 2.24) is 4.98 Å². The molecule has 7 heteroatoms. The SMILES string of the molecule is O=C(O)c1[nH]c2cc(C(F)(F)F)ccc2c1NCc1ccccc1. The van der Waals surface area contributed by atoms with Crippen molar-refractivity contribution in [2.24, 2.45) is 0 Å². The maximum Gasteiger partial charge on any atom is 0.416 e. The number of carboxylic acid groups (broad SMARTS) is 1. The van der Waals surface area contributed by atoms with Crippen LogP contribution in [0.1, 0.15) is 21.6 Å². The third-order valence-electron chi connectivity index (χ3n) is 3.65. The Balaban J connectivity index is 2.01. The smallest absolute Gasteiger partial charge is 0.416 e. The summed E-state index contributed by atoms with van der Waals surface area (Å²) >= 11 is 0. The van der Waals surface area contributed by atoms with Gasteiger partial charge in [0, 0.05) is 17.4 Å². The lowest BCUT2D eigenvalue weighted by atomic mass is 10.1. The zero-order valence-corrected chi connectivity index (χ0v) is 12.3. The van der Waals surface area contributed by atoms with Gasteiger partial charge in [-0.05, 0) is 17.7 Å². The highest BCUT2D eigenvalue weighted by Crippen LogP contribution is 2.35. The van der Waals surface area contributed by atoms with Crippen molar-refractivity contribution in [3.63, 3.8) is 0 Å². The van der Waals surface area contributed by atoms with Gasteiger partial charge in [0.25, 0.3) is 0 Å². The van der Waals surface area contributed by atoms with Crippen LogP contribution >= 0.6 is 0 Å². The highest BCUT2D eigenvalue weighted by Gasteiger charge is 2.31. The van der Waals surface area contributed by atoms with Crippen LogP contribution in [0.4, 0.5) is 18.9 Å². The van der Waals surface area contributed by atoms with Gasteiger partial charge in [-0.3, -0.25) is 0 Å². The summed E-state index contributed by atoms with van der Waals surface area (Å²) < 4.78 is 38.4. The number of halogens is 3. The summed E-state index contributed by atoms with van der Waals surface area (Å²) in [5, 5.41) is 12.7. The second-order valence-corrected chi connectivity index (χ2v) is 5.28. The highest BCUT2D eigenvalue weighted by atomic mass is 19.4. The fourth-order valence-corrected chi connectivity index (χ4v) is 2.50. The number of alkyl halides is 3. The lowest BCUT2D eigenvalue weighted by Gasteiger charge is -2.08. The Hall–Kier alpha value is -2.96. The Morgan fingerprint density at radius 2 is 1.83 bits per heavy atom. The molecule has 0 fully saturated rings. The highest BCUT2D eigenvalue weighted by molar-refractivity contribution is 6.05. The molecule has 0 saturated carbocycles. The van der Waals surface area contributed by atoms with E-state index in [2.05, 4.69) is 10.3 Å². The first kappa shape index (κ1) is 15.9. The van der Waals surface area contributed by atoms with Crippen LogP contribution in [0.15, 0.2) is 48.5 Å². The van der Waals surface area contributed by atoms with Crippen molar-refractivity contribution >= 4 is 22.6 Å². The van der Waals surface area contributed by atoms with Gasteiger partial charge in [0.05, 0.1) is 11.3 Å². The minimum atomic E-state index is -4.49. The maximum atomic E-state index is 12.8. The second kappa shape index (κ2) is 5.92. The molecule has 1 heterocycles. The Labute approximate surface area is 134 Å². The van der Waals surface area contributed by atoms with Gasteiger partial charge in [0.2, 0.25) is 0 Å². The lowest BCUT2D eigenvalue weighted by molar-refractivity contribution is -0.137. The molecule has 0 aliphatic heterocycles. The van der Waals surface area contributed by atoms with Crippen LogP contribution in [0.25, 0.3) is 10.9 Å². The van der Waals surface area contributed by atoms with Gasteiger partial charge in [0.1, 0.15) is 5.69 Å². The van der Waals surface area contributed by atoms with Crippen LogP contribution in [-0.2, 0) is 12.7 Å². The summed E-state index contributed by atoms with van der Waals surface area (Å²) in [5.74, 6) is -1.24. The third kappa shape index (κ3) is 3.05. The van der Waals surface area contributed by atoms with Crippen molar-refractivity contribution in [3.05, 3.63) is 65.4 Å². The van der Waals surface area contributed by atoms with E-state index in [1.807, 2.05) is 30.3 Å². The van der Waals surface area contributed by atoms with E-state index < -0.39 is 17.7 Å². The number of nitrogens with one attached hydrogen (secondary N) is 2. The molecule has 0 amide bonds. The quantitative estimate of drug-likeness (QED) is 0.658. The van der Waals surface area contributed by atoms with Gasteiger partial charge in [-0.2, -0.15) is 13.2 Å². The summed E-state index contributed by atoms with van der Waals surface area (Å²) in [5.41, 5.74) is 0.325. The number of aromatic amines is 1. The van der Waals surface area contributed by atoms with E-state index in [1.165, 1.54) is 6.07 Å². The summed E-state index contributed by atoms with van der Waals surface area (Å²) in [7, 11) is 0. The molecule has 0 radical (unpaired) electrons. The molecule has 0 aliphatic rings. The Morgan fingerprint density at radius 3 is 2.46 bits per heavy atom. The average Bonchev–Trinajstić information content (AvgIpc) is 2.91. The molecular weight excluding hydrogens is 321 g/mol. The first-order valence-corrected chi connectivity index (χ1v) is 7.10. The van der Waals surface area contributed by atoms with E-state index in [0.717, 1.165) is 17.7 Å². The topological polar surface area (TPSA) is 65.1 Å². The maximum absolute atomic E-state index is 12.8. The molecule has 0 spiro atoms. The van der Waals surface area contributed by atoms with Gasteiger partial charge in [-0.15, -0.1) is 0 Å². The number of aromatic nitrogens is 1. The second-order valence-electron chi connectivity index (χ2n) is 5.28. The number of aromatic carboxylic acids is 1. The van der Waals surface area contributed by atoms with Crippen LogP contribution in [0.5, 0.6) is 0 Å². The van der Waals surface area contributed by atoms with Gasteiger partial charge in [-0.25, -0.2) is 4.79 Å². The van der Waals surface area contributed by atoms with Gasteiger partial charge in [-0.1, -0.05) is 36.4 Å². The van der Waals surface area contributed by atoms with E-state index in [1.54, 1.807) is 0 Å². The number of anilines is 1. The van der Waals surface area contributed by atoms with E-state index >= 15 is 0 Å². The molecule has 4 nitrogen and oxygen atoms in total. The summed E-state index contributed by atoms with van der Waals surface area (Å²) in [6.45, 7) is 0.356. The summed E-state index contributed by atoms with van der Waals surface area (Å²) in [4.78, 5) is 13.9. The van der Waals surface area contributed by atoms with E-state index in [0.29, 0.717) is 11.9 Å². The Kier molecular flexibility index (Phi) is 3.92. The van der Waals surface area contributed by atoms with Crippen LogP contribution in [-0.4, -0.2) is 16.1 Å². The van der Waals surface area contributed by atoms with Gasteiger partial charge < -0.3 is 15.4 Å². The molecule has 24 heavy (non-hydrogen) atoms. The van der Waals surface area contributed by atoms with Crippen LogP contribution in [0.3, 0.4) is 0 Å². The summed E-state index contributed by atoms with van der Waals surface area (Å²) in [6.07, 6.45) is -4.49. The van der Waals surface area contributed by atoms with Crippen LogP contribution in [0, 0.1) is 0 Å². The third-order valence-corrected chi connectivity index (χ3v) is 3.65. The number of H-pyrrole nitrogens is 1. The molecule has 2 aromatic carbocycles. The van der Waals surface area contributed by atoms with Crippen molar-refractivity contribution in [1.29, 1.82) is 0 Å². The molecule has 1 aromatic heterocycles. The van der Waals surface area contributed by atoms with Gasteiger partial charge in [0.15, 0.2) is 0 Å². The molecule has 0 saturated heterocycles. The lowest BCUT2D eigenvalue weighted by Crippen LogP contribution is -2.05. The first-order chi connectivity index (χ1) is 11.4. The minimum Gasteiger partial charge on any atom is -0.477 e. The molecule has 124 valence electrons. The molecule has 0 aliphatic carbocycles. The number of carboxylic acids is 1. The van der Waals surface area contributed by atoms with Crippen LogP contribution < -0.4 is 5.32 Å². The van der Waals surface area contributed by atoms with E-state index in [9.17, 15) is 23.1 Å². The molecule has 3 rings (SSSR count). The van der Waals surface area contributed by atoms with E-state index in [-0.39, 0.29) is 16.9 Å². The minimum absolute atomic E-state index is 0.123. The predicted octanol–water partition coefficient (Wildman–Crippen LogP) is 4.50. The molecule has 0 unspecified atom stereocenters. The number of benzene rings is 2. The molecular formula is C17H13F3N2O2. The van der Waals surface area contributed by atoms with Crippen molar-refractivity contribution in [2.45, 2.75) is 12.7 Å². The monoisotopic (exact) mass is 334 g/mol. The Bertz CT molecular complexity index is 886. The molecule has 3 N–H and O–H groups in total. The van der Waals surface area contributed by atoms with Crippen molar-refractivity contribution in [2.75, 3.05) is 5.32 Å². The van der Waals surface area contributed by atoms with Crippen LogP contribution in [0.2, 0.25) is 0 Å². The number of rotatable bonds is 4. The zero-order chi connectivity index (χ0) is 17.3. The number of hydrogen-bond donors (Lipinski definition) is 3. The molecule has 0 atom stereocenters. The number of fused-ring (bicyclic) bond motifs is 1. The summed E-state index contributed by atoms with van der Waals surface area (Å²) in [6, 6.07) is 12.4. The molecule has 0 bridgehead atoms. The number of hydrogen-bond acceptors (Lipinski definition) is 2. The predicted molar refractivity (Wildman–Crippen MR) is 84.0 cm³/mol.